The van der Waals surface area contributed by atoms with Crippen molar-refractivity contribution in [3.8, 4) is 0 Å². The molecule has 0 unspecified atom stereocenters. The van der Waals surface area contributed by atoms with Crippen molar-refractivity contribution in [3.05, 3.63) is 40.2 Å². The van der Waals surface area contributed by atoms with Gasteiger partial charge in [0.25, 0.3) is 5.91 Å². The number of carbonyl (C=O) groups excluding carboxylic acids is 1. The molecule has 0 aliphatic heterocycles. The molecule has 7 heteroatoms. The fraction of sp³-hybridized carbons (Fsp3) is 0.267. The fourth-order valence-corrected chi connectivity index (χ4v) is 2.28. The fourth-order valence-electron chi connectivity index (χ4n) is 2.28. The van der Waals surface area contributed by atoms with E-state index in [0.717, 1.165) is 0 Å². The van der Waals surface area contributed by atoms with Crippen molar-refractivity contribution in [1.82, 2.24) is 9.47 Å². The summed E-state index contributed by atoms with van der Waals surface area (Å²) in [5.41, 5.74) is 6.32. The van der Waals surface area contributed by atoms with Gasteiger partial charge in [-0.3, -0.25) is 14.4 Å². The number of benzene rings is 1. The van der Waals surface area contributed by atoms with Gasteiger partial charge in [-0.2, -0.15) is 0 Å². The predicted octanol–water partition coefficient (Wildman–Crippen LogP) is 0.667. The Morgan fingerprint density at radius 2 is 2.05 bits per heavy atom. The summed E-state index contributed by atoms with van der Waals surface area (Å²) in [4.78, 5) is 36.7. The van der Waals surface area contributed by atoms with Crippen LogP contribution >= 0.6 is 0 Å². The van der Waals surface area contributed by atoms with Gasteiger partial charge >= 0.3 is 5.97 Å². The van der Waals surface area contributed by atoms with Crippen molar-refractivity contribution in [1.29, 1.82) is 0 Å². The van der Waals surface area contributed by atoms with Crippen LogP contribution in [0.25, 0.3) is 10.9 Å². The lowest BCUT2D eigenvalue weighted by Gasteiger charge is -2.17. The second-order valence-electron chi connectivity index (χ2n) is 5.09. The molecule has 116 valence electrons. The summed E-state index contributed by atoms with van der Waals surface area (Å²) in [6.07, 6.45) is 1.27. The maximum absolute atomic E-state index is 12.5. The zero-order valence-electron chi connectivity index (χ0n) is 12.4. The summed E-state index contributed by atoms with van der Waals surface area (Å²) in [5, 5.41) is 8.96. The van der Waals surface area contributed by atoms with Crippen molar-refractivity contribution in [2.45, 2.75) is 6.42 Å². The highest BCUT2D eigenvalue weighted by Crippen LogP contribution is 2.17. The molecule has 1 amide bonds. The first-order valence-corrected chi connectivity index (χ1v) is 6.68. The van der Waals surface area contributed by atoms with Crippen molar-refractivity contribution in [3.63, 3.8) is 0 Å². The van der Waals surface area contributed by atoms with Crippen LogP contribution in [-0.4, -0.2) is 40.0 Å². The Hall–Kier alpha value is -2.83. The lowest BCUT2D eigenvalue weighted by Crippen LogP contribution is -2.33. The van der Waals surface area contributed by atoms with Gasteiger partial charge in [-0.05, 0) is 12.1 Å². The topological polar surface area (TPSA) is 106 Å². The number of pyridine rings is 1. The molecule has 0 aliphatic carbocycles. The molecule has 3 N–H and O–H groups in total. The number of rotatable bonds is 4. The minimum Gasteiger partial charge on any atom is -0.481 e. The number of aryl methyl sites for hydroxylation is 1. The summed E-state index contributed by atoms with van der Waals surface area (Å²) in [6, 6.07) is 5.08. The summed E-state index contributed by atoms with van der Waals surface area (Å²) in [5.74, 6) is -1.53. The summed E-state index contributed by atoms with van der Waals surface area (Å²) in [6.45, 7) is 0.0274. The van der Waals surface area contributed by atoms with Crippen LogP contribution in [0.2, 0.25) is 0 Å². The summed E-state index contributed by atoms with van der Waals surface area (Å²) in [7, 11) is 3.18. The minimum absolute atomic E-state index is 0.0270. The van der Waals surface area contributed by atoms with Gasteiger partial charge in [0.2, 0.25) is 5.43 Å². The van der Waals surface area contributed by atoms with Gasteiger partial charge in [0.15, 0.2) is 0 Å². The molecule has 0 radical (unpaired) electrons. The molecule has 7 nitrogen and oxygen atoms in total. The van der Waals surface area contributed by atoms with Crippen molar-refractivity contribution >= 4 is 28.5 Å². The van der Waals surface area contributed by atoms with Gasteiger partial charge in [-0.1, -0.05) is 6.07 Å². The average molecular weight is 303 g/mol. The second-order valence-corrected chi connectivity index (χ2v) is 5.09. The van der Waals surface area contributed by atoms with Crippen LogP contribution in [-0.2, 0) is 11.8 Å². The van der Waals surface area contributed by atoms with Gasteiger partial charge < -0.3 is 20.3 Å². The molecule has 22 heavy (non-hydrogen) atoms. The molecule has 0 bridgehead atoms. The minimum atomic E-state index is -1.00. The van der Waals surface area contributed by atoms with Crippen LogP contribution in [0.15, 0.2) is 29.2 Å². The average Bonchev–Trinajstić information content (AvgIpc) is 2.47. The number of carboxylic acids is 1. The number of fused-ring (bicyclic) bond motifs is 1. The number of nitrogens with two attached hydrogens (primary N) is 1. The number of nitrogens with zero attached hydrogens (tertiary/aromatic N) is 2. The van der Waals surface area contributed by atoms with Crippen LogP contribution < -0.4 is 11.2 Å². The smallest absolute Gasteiger partial charge is 0.305 e. The number of amides is 1. The van der Waals surface area contributed by atoms with E-state index in [4.69, 9.17) is 10.8 Å². The summed E-state index contributed by atoms with van der Waals surface area (Å²) >= 11 is 0. The SMILES string of the molecule is CN(CCC(=O)O)C(=O)c1cn(C)c2cccc(N)c2c1=O. The summed E-state index contributed by atoms with van der Waals surface area (Å²) < 4.78 is 1.66. The maximum atomic E-state index is 12.5. The second kappa shape index (κ2) is 5.88. The van der Waals surface area contributed by atoms with Crippen molar-refractivity contribution < 1.29 is 14.7 Å². The Bertz CT molecular complexity index is 810. The van der Waals surface area contributed by atoms with Crippen LogP contribution in [0.3, 0.4) is 0 Å². The Labute approximate surface area is 126 Å². The van der Waals surface area contributed by atoms with E-state index in [1.54, 1.807) is 29.8 Å². The highest BCUT2D eigenvalue weighted by Gasteiger charge is 2.19. The Morgan fingerprint density at radius 1 is 1.36 bits per heavy atom. The Morgan fingerprint density at radius 3 is 2.68 bits per heavy atom. The lowest BCUT2D eigenvalue weighted by atomic mass is 10.1. The number of anilines is 1. The number of carboxylic acid groups (broad SMARTS) is 1. The van der Waals surface area contributed by atoms with Gasteiger partial charge in [0.1, 0.15) is 5.56 Å². The highest BCUT2D eigenvalue weighted by atomic mass is 16.4. The third kappa shape index (κ3) is 2.78. The molecule has 1 aromatic carbocycles. The third-order valence-corrected chi connectivity index (χ3v) is 3.49. The molecule has 0 fully saturated rings. The molecule has 1 aromatic heterocycles. The quantitative estimate of drug-likeness (QED) is 0.807. The van der Waals surface area contributed by atoms with Gasteiger partial charge in [0.05, 0.1) is 17.3 Å². The standard InChI is InChI=1S/C15H17N3O4/c1-17(7-6-12(19)20)15(22)9-8-18(2)11-5-3-4-10(16)13(11)14(9)21/h3-5,8H,6-7,16H2,1-2H3,(H,19,20). The highest BCUT2D eigenvalue weighted by molar-refractivity contribution is 6.00. The van der Waals surface area contributed by atoms with E-state index in [-0.39, 0.29) is 18.5 Å². The van der Waals surface area contributed by atoms with Gasteiger partial charge in [0, 0.05) is 32.5 Å². The number of hydrogen-bond acceptors (Lipinski definition) is 4. The Balaban J connectivity index is 2.50. The van der Waals surface area contributed by atoms with Crippen LogP contribution in [0.1, 0.15) is 16.8 Å². The normalized spacial score (nSPS) is 10.6. The molecule has 1 heterocycles. The zero-order chi connectivity index (χ0) is 16.4. The molecule has 2 rings (SSSR count). The number of carbonyl (C=O) groups is 2. The monoisotopic (exact) mass is 303 g/mol. The third-order valence-electron chi connectivity index (χ3n) is 3.49. The van der Waals surface area contributed by atoms with E-state index in [2.05, 4.69) is 0 Å². The lowest BCUT2D eigenvalue weighted by molar-refractivity contribution is -0.137. The number of nitrogen functional groups attached to an aromatic ring is 1. The van der Waals surface area contributed by atoms with E-state index in [9.17, 15) is 14.4 Å². The molecular formula is C15H17N3O4. The van der Waals surface area contributed by atoms with E-state index >= 15 is 0 Å². The van der Waals surface area contributed by atoms with E-state index < -0.39 is 17.3 Å². The van der Waals surface area contributed by atoms with E-state index in [1.807, 2.05) is 0 Å². The molecule has 0 spiro atoms. The number of aliphatic carboxylic acids is 1. The zero-order valence-corrected chi connectivity index (χ0v) is 12.4. The molecule has 0 aliphatic rings. The predicted molar refractivity (Wildman–Crippen MR) is 82.8 cm³/mol. The molecule has 0 atom stereocenters. The first kappa shape index (κ1) is 15.6. The largest absolute Gasteiger partial charge is 0.481 e. The molecule has 2 aromatic rings. The van der Waals surface area contributed by atoms with E-state index in [0.29, 0.717) is 16.6 Å². The van der Waals surface area contributed by atoms with E-state index in [1.165, 1.54) is 18.1 Å². The van der Waals surface area contributed by atoms with Gasteiger partial charge in [-0.15, -0.1) is 0 Å². The van der Waals surface area contributed by atoms with Crippen LogP contribution in [0, 0.1) is 0 Å². The Kier molecular flexibility index (Phi) is 4.16. The van der Waals surface area contributed by atoms with Crippen LogP contribution in [0.4, 0.5) is 5.69 Å². The molecular weight excluding hydrogens is 286 g/mol. The van der Waals surface area contributed by atoms with Crippen molar-refractivity contribution in [2.75, 3.05) is 19.3 Å². The maximum Gasteiger partial charge on any atom is 0.305 e. The van der Waals surface area contributed by atoms with Crippen molar-refractivity contribution in [2.24, 2.45) is 7.05 Å². The molecule has 0 saturated carbocycles. The number of hydrogen-bond donors (Lipinski definition) is 2. The number of aromatic nitrogens is 1. The van der Waals surface area contributed by atoms with Crippen LogP contribution in [0.5, 0.6) is 0 Å². The first-order chi connectivity index (χ1) is 10.3. The molecule has 0 saturated heterocycles. The first-order valence-electron chi connectivity index (χ1n) is 6.68. The van der Waals surface area contributed by atoms with Gasteiger partial charge in [-0.25, -0.2) is 0 Å².